The molecule has 2 rings (SSSR count). The number of benzene rings is 1. The van der Waals surface area contributed by atoms with Crippen LogP contribution in [0.4, 0.5) is 4.79 Å². The summed E-state index contributed by atoms with van der Waals surface area (Å²) < 4.78 is 10.3. The van der Waals surface area contributed by atoms with E-state index in [0.29, 0.717) is 13.2 Å². The van der Waals surface area contributed by atoms with Crippen LogP contribution in [0.25, 0.3) is 0 Å². The smallest absolute Gasteiger partial charge is 0.433 e. The topological polar surface area (TPSA) is 47.9 Å². The van der Waals surface area contributed by atoms with Crippen molar-refractivity contribution in [2.45, 2.75) is 25.9 Å². The zero-order chi connectivity index (χ0) is 12.6. The average Bonchev–Trinajstić information content (AvgIpc) is 2.81. The molecule has 1 heterocycles. The van der Waals surface area contributed by atoms with Crippen LogP contribution in [-0.2, 0) is 16.1 Å². The number of hydrogen-bond acceptors (Lipinski definition) is 3. The molecule has 1 aliphatic heterocycles. The molecule has 0 radical (unpaired) electrons. The molecule has 0 bridgehead atoms. The second-order valence-corrected chi connectivity index (χ2v) is 4.23. The Bertz CT molecular complexity index is 414. The van der Waals surface area contributed by atoms with E-state index in [-0.39, 0.29) is 0 Å². The van der Waals surface area contributed by atoms with Crippen molar-refractivity contribution < 1.29 is 14.3 Å². The van der Waals surface area contributed by atoms with Gasteiger partial charge in [0.1, 0.15) is 6.61 Å². The normalized spacial score (nSPS) is 14.4. The fourth-order valence-electron chi connectivity index (χ4n) is 1.76. The molecule has 0 atom stereocenters. The van der Waals surface area contributed by atoms with E-state index in [9.17, 15) is 4.79 Å². The number of amides is 1. The monoisotopic (exact) mass is 247 g/mol. The lowest BCUT2D eigenvalue weighted by Crippen LogP contribution is -2.02. The van der Waals surface area contributed by atoms with Gasteiger partial charge in [0.25, 0.3) is 0 Å². The minimum Gasteiger partial charge on any atom is -0.442 e. The third kappa shape index (κ3) is 4.30. The molecule has 0 aromatic heterocycles. The fourth-order valence-corrected chi connectivity index (χ4v) is 1.76. The molecule has 18 heavy (non-hydrogen) atoms. The Hall–Kier alpha value is -1.68. The minimum absolute atomic E-state index is 0.365. The van der Waals surface area contributed by atoms with Crippen molar-refractivity contribution in [3.63, 3.8) is 0 Å². The van der Waals surface area contributed by atoms with E-state index in [1.165, 1.54) is 5.56 Å². The summed E-state index contributed by atoms with van der Waals surface area (Å²) in [6.07, 6.45) is 2.32. The van der Waals surface area contributed by atoms with E-state index in [4.69, 9.17) is 9.47 Å². The zero-order valence-corrected chi connectivity index (χ0v) is 10.3. The van der Waals surface area contributed by atoms with Crippen LogP contribution in [0.2, 0.25) is 0 Å². The molecule has 96 valence electrons. The second-order valence-electron chi connectivity index (χ2n) is 4.23. The molecule has 4 heteroatoms. The third-order valence-corrected chi connectivity index (χ3v) is 2.73. The third-order valence-electron chi connectivity index (χ3n) is 2.73. The molecule has 1 aliphatic rings. The maximum atomic E-state index is 10.7. The first-order chi connectivity index (χ1) is 8.84. The van der Waals surface area contributed by atoms with Gasteiger partial charge in [-0.1, -0.05) is 30.3 Å². The fraction of sp³-hybridized carbons (Fsp3) is 0.429. The molecule has 1 aromatic carbocycles. The molecule has 1 amide bonds. The molecule has 0 aliphatic carbocycles. The second kappa shape index (κ2) is 6.91. The summed E-state index contributed by atoms with van der Waals surface area (Å²) in [7, 11) is 0. The highest BCUT2D eigenvalue weighted by Crippen LogP contribution is 2.06. The summed E-state index contributed by atoms with van der Waals surface area (Å²) in [6.45, 7) is 1.75. The Balaban J connectivity index is 1.52. The summed E-state index contributed by atoms with van der Waals surface area (Å²) in [5.41, 5.74) is 2.04. The lowest BCUT2D eigenvalue weighted by Gasteiger charge is -2.04. The van der Waals surface area contributed by atoms with Gasteiger partial charge in [0, 0.05) is 6.61 Å². The van der Waals surface area contributed by atoms with E-state index in [0.717, 1.165) is 31.6 Å². The molecule has 0 saturated heterocycles. The highest BCUT2D eigenvalue weighted by atomic mass is 16.6. The van der Waals surface area contributed by atoms with Crippen molar-refractivity contribution in [3.05, 3.63) is 35.9 Å². The van der Waals surface area contributed by atoms with Gasteiger partial charge in [-0.15, -0.1) is 0 Å². The molecule has 0 saturated carbocycles. The van der Waals surface area contributed by atoms with Crippen LogP contribution < -0.4 is 0 Å². The van der Waals surface area contributed by atoms with Gasteiger partial charge in [0.2, 0.25) is 0 Å². The number of ether oxygens (including phenoxy) is 2. The number of carbonyl (C=O) groups excluding carboxylic acids is 1. The number of aliphatic imine (C=N–C) groups is 1. The first-order valence-corrected chi connectivity index (χ1v) is 6.19. The number of cyclic esters (lactones) is 1. The van der Waals surface area contributed by atoms with Gasteiger partial charge < -0.3 is 9.47 Å². The van der Waals surface area contributed by atoms with E-state index in [2.05, 4.69) is 17.1 Å². The predicted molar refractivity (Wildman–Crippen MR) is 68.7 cm³/mol. The summed E-state index contributed by atoms with van der Waals surface area (Å²) >= 11 is 0. The van der Waals surface area contributed by atoms with Gasteiger partial charge in [-0.05, 0) is 24.8 Å². The number of nitrogens with zero attached hydrogens (tertiary/aromatic N) is 1. The Morgan fingerprint density at radius 1 is 1.22 bits per heavy atom. The Kier molecular flexibility index (Phi) is 4.90. The molecule has 0 spiro atoms. The first-order valence-electron chi connectivity index (χ1n) is 6.19. The van der Waals surface area contributed by atoms with Gasteiger partial charge in [0.05, 0.1) is 12.3 Å². The van der Waals surface area contributed by atoms with E-state index >= 15 is 0 Å². The summed E-state index contributed by atoms with van der Waals surface area (Å²) in [4.78, 5) is 14.5. The standard InChI is InChI=1S/C14H17NO3/c16-14-15-13(11-18-14)8-4-5-9-17-10-12-6-2-1-3-7-12/h1-3,6-7H,4-5,8-11H2. The number of unbranched alkanes of at least 4 members (excludes halogenated alkanes) is 1. The average molecular weight is 247 g/mol. The first kappa shape index (κ1) is 12.8. The molecular weight excluding hydrogens is 230 g/mol. The van der Waals surface area contributed by atoms with Gasteiger partial charge >= 0.3 is 6.09 Å². The quantitative estimate of drug-likeness (QED) is 0.696. The Labute approximate surface area is 107 Å². The van der Waals surface area contributed by atoms with Gasteiger partial charge in [-0.3, -0.25) is 0 Å². The van der Waals surface area contributed by atoms with Crippen molar-refractivity contribution in [1.82, 2.24) is 0 Å². The Morgan fingerprint density at radius 3 is 2.78 bits per heavy atom. The van der Waals surface area contributed by atoms with Crippen molar-refractivity contribution in [2.24, 2.45) is 4.99 Å². The maximum absolute atomic E-state index is 10.7. The Morgan fingerprint density at radius 2 is 2.06 bits per heavy atom. The lowest BCUT2D eigenvalue weighted by molar-refractivity contribution is 0.117. The number of rotatable bonds is 7. The molecule has 0 fully saturated rings. The van der Waals surface area contributed by atoms with Crippen LogP contribution in [0, 0.1) is 0 Å². The van der Waals surface area contributed by atoms with Crippen molar-refractivity contribution in [1.29, 1.82) is 0 Å². The summed E-state index contributed by atoms with van der Waals surface area (Å²) in [5.74, 6) is 0. The minimum atomic E-state index is -0.453. The summed E-state index contributed by atoms with van der Waals surface area (Å²) in [6, 6.07) is 10.1. The van der Waals surface area contributed by atoms with Crippen molar-refractivity contribution in [2.75, 3.05) is 13.2 Å². The van der Waals surface area contributed by atoms with Crippen LogP contribution in [-0.4, -0.2) is 25.0 Å². The van der Waals surface area contributed by atoms with Crippen LogP contribution >= 0.6 is 0 Å². The number of carbonyl (C=O) groups is 1. The predicted octanol–water partition coefficient (Wildman–Crippen LogP) is 2.96. The molecule has 4 nitrogen and oxygen atoms in total. The van der Waals surface area contributed by atoms with Crippen LogP contribution in [0.1, 0.15) is 24.8 Å². The lowest BCUT2D eigenvalue weighted by atomic mass is 10.2. The molecular formula is C14H17NO3. The molecule has 0 unspecified atom stereocenters. The van der Waals surface area contributed by atoms with Gasteiger partial charge in [-0.2, -0.15) is 4.99 Å². The number of hydrogen-bond donors (Lipinski definition) is 0. The molecule has 0 N–H and O–H groups in total. The van der Waals surface area contributed by atoms with Gasteiger partial charge in [-0.25, -0.2) is 4.79 Å². The van der Waals surface area contributed by atoms with Crippen molar-refractivity contribution >= 4 is 11.8 Å². The van der Waals surface area contributed by atoms with E-state index in [1.807, 2.05) is 18.2 Å². The summed E-state index contributed by atoms with van der Waals surface area (Å²) in [5, 5.41) is 0. The van der Waals surface area contributed by atoms with Gasteiger partial charge in [0.15, 0.2) is 0 Å². The SMILES string of the molecule is O=C1N=C(CCCCOCc2ccccc2)CO1. The highest BCUT2D eigenvalue weighted by molar-refractivity contribution is 5.98. The van der Waals surface area contributed by atoms with E-state index < -0.39 is 6.09 Å². The van der Waals surface area contributed by atoms with E-state index in [1.54, 1.807) is 0 Å². The van der Waals surface area contributed by atoms with Crippen molar-refractivity contribution in [3.8, 4) is 0 Å². The van der Waals surface area contributed by atoms with Crippen LogP contribution in [0.15, 0.2) is 35.3 Å². The molecule has 1 aromatic rings. The van der Waals surface area contributed by atoms with Crippen LogP contribution in [0.5, 0.6) is 0 Å². The maximum Gasteiger partial charge on any atom is 0.433 e. The largest absolute Gasteiger partial charge is 0.442 e. The van der Waals surface area contributed by atoms with Crippen LogP contribution in [0.3, 0.4) is 0 Å². The zero-order valence-electron chi connectivity index (χ0n) is 10.3. The highest BCUT2D eigenvalue weighted by Gasteiger charge is 2.13.